The summed E-state index contributed by atoms with van der Waals surface area (Å²) in [4.78, 5) is 3.42. The first-order chi connectivity index (χ1) is 9.97. The second kappa shape index (κ2) is 6.23. The van der Waals surface area contributed by atoms with E-state index in [-0.39, 0.29) is 0 Å². The molecule has 2 nitrogen and oxygen atoms in total. The molecular weight excluding hydrogens is 280 g/mol. The van der Waals surface area contributed by atoms with Crippen molar-refractivity contribution in [2.75, 3.05) is 12.4 Å². The molecule has 0 aliphatic rings. The highest BCUT2D eigenvalue weighted by atomic mass is 35.5. The molecule has 1 aromatic heterocycles. The third-order valence-electron chi connectivity index (χ3n) is 3.93. The lowest BCUT2D eigenvalue weighted by Crippen LogP contribution is -1.94. The fraction of sp³-hybridized carbons (Fsp3) is 0.222. The highest BCUT2D eigenvalue weighted by molar-refractivity contribution is 6.31. The van der Waals surface area contributed by atoms with Crippen LogP contribution >= 0.6 is 11.6 Å². The Labute approximate surface area is 131 Å². The molecule has 0 saturated heterocycles. The van der Waals surface area contributed by atoms with Crippen LogP contribution in [0.3, 0.4) is 0 Å². The molecule has 2 aromatic rings. The molecule has 21 heavy (non-hydrogen) atoms. The smallest absolute Gasteiger partial charge is 0.0421 e. The van der Waals surface area contributed by atoms with E-state index >= 15 is 0 Å². The van der Waals surface area contributed by atoms with Gasteiger partial charge in [0, 0.05) is 34.7 Å². The molecule has 1 aromatic carbocycles. The van der Waals surface area contributed by atoms with Gasteiger partial charge in [-0.2, -0.15) is 0 Å². The Morgan fingerprint density at radius 3 is 2.48 bits per heavy atom. The predicted molar refractivity (Wildman–Crippen MR) is 94.1 cm³/mol. The molecule has 0 radical (unpaired) electrons. The van der Waals surface area contributed by atoms with Crippen LogP contribution in [0.2, 0.25) is 5.02 Å². The lowest BCUT2D eigenvalue weighted by atomic mass is 10.0. The Morgan fingerprint density at radius 1 is 1.24 bits per heavy atom. The maximum atomic E-state index is 6.14. The zero-order valence-corrected chi connectivity index (χ0v) is 13.7. The van der Waals surface area contributed by atoms with Gasteiger partial charge in [-0.25, -0.2) is 0 Å². The number of hydrogen-bond acceptors (Lipinski definition) is 1. The van der Waals surface area contributed by atoms with Crippen molar-refractivity contribution in [2.24, 2.45) is 0 Å². The highest BCUT2D eigenvalue weighted by Gasteiger charge is 2.09. The van der Waals surface area contributed by atoms with Gasteiger partial charge in [0.05, 0.1) is 0 Å². The van der Waals surface area contributed by atoms with Crippen molar-refractivity contribution < 1.29 is 0 Å². The summed E-state index contributed by atoms with van der Waals surface area (Å²) in [6.07, 6.45) is 3.98. The fourth-order valence-corrected chi connectivity index (χ4v) is 2.56. The minimum atomic E-state index is 0.715. The number of aromatic nitrogens is 1. The van der Waals surface area contributed by atoms with Crippen LogP contribution in [0.1, 0.15) is 28.1 Å². The van der Waals surface area contributed by atoms with Gasteiger partial charge < -0.3 is 10.3 Å². The Balaban J connectivity index is 2.58. The third-order valence-corrected chi connectivity index (χ3v) is 4.17. The van der Waals surface area contributed by atoms with Crippen LogP contribution in [0.4, 0.5) is 5.69 Å². The number of aryl methyl sites for hydroxylation is 1. The number of aromatic amines is 1. The third kappa shape index (κ3) is 3.06. The van der Waals surface area contributed by atoms with Gasteiger partial charge in [-0.1, -0.05) is 24.3 Å². The number of anilines is 1. The molecular formula is C18H21ClN2. The van der Waals surface area contributed by atoms with Crippen LogP contribution in [0.15, 0.2) is 30.9 Å². The largest absolute Gasteiger partial charge is 0.388 e. The Bertz CT molecular complexity index is 708. The maximum Gasteiger partial charge on any atom is 0.0421 e. The van der Waals surface area contributed by atoms with E-state index < -0.39 is 0 Å². The monoisotopic (exact) mass is 300 g/mol. The average Bonchev–Trinajstić information content (AvgIpc) is 2.72. The van der Waals surface area contributed by atoms with Crippen LogP contribution in [-0.2, 0) is 0 Å². The number of nitrogens with one attached hydrogen (secondary N) is 2. The molecule has 3 heteroatoms. The molecule has 2 N–H and O–H groups in total. The molecule has 0 aliphatic heterocycles. The summed E-state index contributed by atoms with van der Waals surface area (Å²) < 4.78 is 0. The molecule has 0 aliphatic carbocycles. The first-order valence-electron chi connectivity index (χ1n) is 6.95. The molecule has 0 fully saturated rings. The van der Waals surface area contributed by atoms with Crippen molar-refractivity contribution in [2.45, 2.75) is 20.8 Å². The normalized spacial score (nSPS) is 11.6. The Kier molecular flexibility index (Phi) is 4.59. The number of benzene rings is 1. The van der Waals surface area contributed by atoms with E-state index in [2.05, 4.69) is 43.7 Å². The predicted octanol–water partition coefficient (Wildman–Crippen LogP) is 5.36. The standard InChI is InChI=1S/C18H21ClN2/c1-6-14(9-18-12(3)11(2)13(4)21-18)16-10-15(19)7-8-17(16)20-5/h6-10,20-21H,1H2,2-5H3/b14-9+. The van der Waals surface area contributed by atoms with Crippen molar-refractivity contribution >= 4 is 28.9 Å². The highest BCUT2D eigenvalue weighted by Crippen LogP contribution is 2.30. The summed E-state index contributed by atoms with van der Waals surface area (Å²) in [5.41, 5.74) is 7.98. The number of rotatable bonds is 4. The second-order valence-electron chi connectivity index (χ2n) is 5.16. The lowest BCUT2D eigenvalue weighted by Gasteiger charge is -2.11. The van der Waals surface area contributed by atoms with Gasteiger partial charge in [-0.3, -0.25) is 0 Å². The Morgan fingerprint density at radius 2 is 1.95 bits per heavy atom. The number of H-pyrrole nitrogens is 1. The van der Waals surface area contributed by atoms with Gasteiger partial charge >= 0.3 is 0 Å². The summed E-state index contributed by atoms with van der Waals surface area (Å²) in [6.45, 7) is 10.3. The van der Waals surface area contributed by atoms with Crippen molar-refractivity contribution in [1.82, 2.24) is 4.98 Å². The second-order valence-corrected chi connectivity index (χ2v) is 5.59. The molecule has 110 valence electrons. The van der Waals surface area contributed by atoms with E-state index in [0.29, 0.717) is 5.02 Å². The number of halogens is 1. The van der Waals surface area contributed by atoms with E-state index in [4.69, 9.17) is 11.6 Å². The first kappa shape index (κ1) is 15.5. The van der Waals surface area contributed by atoms with Crippen LogP contribution in [-0.4, -0.2) is 12.0 Å². The van der Waals surface area contributed by atoms with Gasteiger partial charge in [-0.05, 0) is 61.7 Å². The molecule has 1 heterocycles. The summed E-state index contributed by atoms with van der Waals surface area (Å²) in [6, 6.07) is 5.82. The van der Waals surface area contributed by atoms with E-state index in [1.807, 2.05) is 31.3 Å². The van der Waals surface area contributed by atoms with E-state index in [1.165, 1.54) is 16.8 Å². The summed E-state index contributed by atoms with van der Waals surface area (Å²) in [7, 11) is 1.90. The quantitative estimate of drug-likeness (QED) is 0.731. The average molecular weight is 301 g/mol. The lowest BCUT2D eigenvalue weighted by molar-refractivity contribution is 1.22. The van der Waals surface area contributed by atoms with Gasteiger partial charge in [-0.15, -0.1) is 0 Å². The molecule has 2 rings (SSSR count). The zero-order valence-electron chi connectivity index (χ0n) is 13.0. The molecule has 0 bridgehead atoms. The minimum Gasteiger partial charge on any atom is -0.388 e. The van der Waals surface area contributed by atoms with Crippen molar-refractivity contribution in [3.05, 3.63) is 64.0 Å². The molecule has 0 spiro atoms. The van der Waals surface area contributed by atoms with Crippen LogP contribution in [0, 0.1) is 20.8 Å². The van der Waals surface area contributed by atoms with Crippen molar-refractivity contribution in [1.29, 1.82) is 0 Å². The summed E-state index contributed by atoms with van der Waals surface area (Å²) in [5.74, 6) is 0. The van der Waals surface area contributed by atoms with Gasteiger partial charge in [0.2, 0.25) is 0 Å². The van der Waals surface area contributed by atoms with E-state index in [9.17, 15) is 0 Å². The van der Waals surface area contributed by atoms with Crippen molar-refractivity contribution in [3.63, 3.8) is 0 Å². The summed E-state index contributed by atoms with van der Waals surface area (Å²) in [5, 5.41) is 3.91. The number of hydrogen-bond donors (Lipinski definition) is 2. The fourth-order valence-electron chi connectivity index (χ4n) is 2.39. The van der Waals surface area contributed by atoms with Gasteiger partial charge in [0.1, 0.15) is 0 Å². The SMILES string of the molecule is C=C/C(=C\c1[nH]c(C)c(C)c1C)c1cc(Cl)ccc1NC. The van der Waals surface area contributed by atoms with Crippen LogP contribution < -0.4 is 5.32 Å². The van der Waals surface area contributed by atoms with Crippen molar-refractivity contribution in [3.8, 4) is 0 Å². The molecule has 0 amide bonds. The van der Waals surface area contributed by atoms with E-state index in [0.717, 1.165) is 22.5 Å². The topological polar surface area (TPSA) is 27.8 Å². The summed E-state index contributed by atoms with van der Waals surface area (Å²) >= 11 is 6.14. The van der Waals surface area contributed by atoms with Crippen LogP contribution in [0.5, 0.6) is 0 Å². The Hall–Kier alpha value is -1.93. The van der Waals surface area contributed by atoms with Crippen LogP contribution in [0.25, 0.3) is 11.6 Å². The number of allylic oxidation sites excluding steroid dienone is 2. The molecule has 0 atom stereocenters. The minimum absolute atomic E-state index is 0.715. The zero-order chi connectivity index (χ0) is 15.6. The van der Waals surface area contributed by atoms with E-state index in [1.54, 1.807) is 0 Å². The molecule has 0 unspecified atom stereocenters. The first-order valence-corrected chi connectivity index (χ1v) is 7.33. The maximum absolute atomic E-state index is 6.14. The van der Waals surface area contributed by atoms with Gasteiger partial charge in [0.15, 0.2) is 0 Å². The van der Waals surface area contributed by atoms with Gasteiger partial charge in [0.25, 0.3) is 0 Å². The molecule has 0 saturated carbocycles.